The molecule has 5 aromatic rings. The fraction of sp³-hybridized carbons (Fsp3) is 0.417. The van der Waals surface area contributed by atoms with E-state index < -0.39 is 21.4 Å². The van der Waals surface area contributed by atoms with Crippen molar-refractivity contribution in [1.82, 2.24) is 29.4 Å². The Bertz CT molecular complexity index is 2180. The van der Waals surface area contributed by atoms with Crippen LogP contribution in [0.5, 0.6) is 11.5 Å². The van der Waals surface area contributed by atoms with Gasteiger partial charge in [0, 0.05) is 35.9 Å². The molecule has 50 heavy (non-hydrogen) atoms. The first kappa shape index (κ1) is 33.1. The molecule has 14 heteroatoms. The van der Waals surface area contributed by atoms with E-state index in [1.54, 1.807) is 29.9 Å². The normalized spacial score (nSPS) is 21.2. The van der Waals surface area contributed by atoms with E-state index in [0.717, 1.165) is 73.5 Å². The molecule has 8 rings (SSSR count). The number of likely N-dealkylation sites (tertiary alicyclic amines) is 1. The lowest BCUT2D eigenvalue weighted by molar-refractivity contribution is -0.0712. The van der Waals surface area contributed by atoms with Gasteiger partial charge in [0.1, 0.15) is 27.2 Å². The lowest BCUT2D eigenvalue weighted by Gasteiger charge is -2.33. The summed E-state index contributed by atoms with van der Waals surface area (Å²) in [5, 5.41) is 8.74. The molecular weight excluding hydrogens is 683 g/mol. The fourth-order valence-corrected chi connectivity index (χ4v) is 7.81. The van der Waals surface area contributed by atoms with Crippen molar-refractivity contribution in [1.29, 1.82) is 0 Å². The molecule has 2 saturated heterocycles. The summed E-state index contributed by atoms with van der Waals surface area (Å²) in [6, 6.07) is 16.6. The molecule has 0 amide bonds. The van der Waals surface area contributed by atoms with Gasteiger partial charge in [0.05, 0.1) is 54.3 Å². The Kier molecular flexibility index (Phi) is 8.57. The van der Waals surface area contributed by atoms with Crippen molar-refractivity contribution >= 4 is 32.5 Å². The molecule has 3 aliphatic rings. The number of rotatable bonds is 10. The van der Waals surface area contributed by atoms with Gasteiger partial charge in [0.2, 0.25) is 0 Å². The molecule has 0 aliphatic carbocycles. The summed E-state index contributed by atoms with van der Waals surface area (Å²) < 4.78 is 60.4. The van der Waals surface area contributed by atoms with Crippen LogP contribution in [0, 0.1) is 5.82 Å². The third kappa shape index (κ3) is 6.59. The molecular formula is C36H38ClFN6O5S. The van der Waals surface area contributed by atoms with Crippen LogP contribution in [-0.2, 0) is 40.0 Å². The molecule has 2 fully saturated rings. The molecule has 2 atom stereocenters. The number of imidazole rings is 1. The third-order valence-corrected chi connectivity index (χ3v) is 11.1. The smallest absolute Gasteiger partial charge is 0.278 e. The van der Waals surface area contributed by atoms with Crippen LogP contribution in [0.25, 0.3) is 22.3 Å². The Morgan fingerprint density at radius 1 is 1.06 bits per heavy atom. The van der Waals surface area contributed by atoms with Gasteiger partial charge < -0.3 is 18.8 Å². The predicted octanol–water partition coefficient (Wildman–Crippen LogP) is 5.94. The van der Waals surface area contributed by atoms with Gasteiger partial charge in [-0.1, -0.05) is 35.0 Å². The predicted molar refractivity (Wildman–Crippen MR) is 187 cm³/mol. The molecule has 0 radical (unpaired) electrons. The van der Waals surface area contributed by atoms with E-state index in [2.05, 4.69) is 31.9 Å². The number of hydrogen-bond donors (Lipinski definition) is 0. The molecule has 5 heterocycles. The van der Waals surface area contributed by atoms with Crippen molar-refractivity contribution in [3.8, 4) is 22.8 Å². The van der Waals surface area contributed by atoms with Crippen molar-refractivity contribution in [2.45, 2.75) is 63.6 Å². The van der Waals surface area contributed by atoms with Gasteiger partial charge in [-0.3, -0.25) is 9.58 Å². The summed E-state index contributed by atoms with van der Waals surface area (Å²) in [5.74, 6) is 0.790. The standard InChI is InChI=1S/C36H38ClFN6O5S/c1-36(28-8-7-25(37)19-29(28)38)48-33-5-3-4-27(35(33)49-36)23-10-13-42(14-11-23)22-34-39-30-18-24(6-9-32(30)44(34)20-26-12-16-47-26)31-21-43(41-40-31)15-17-50(2,45)46/h3-9,18-19,21,23,26H,10-17,20,22H2,1-2H3/t26-,36?/m0/s1. The van der Waals surface area contributed by atoms with Crippen LogP contribution in [0.3, 0.4) is 0 Å². The van der Waals surface area contributed by atoms with Crippen LogP contribution < -0.4 is 9.47 Å². The van der Waals surface area contributed by atoms with E-state index in [1.165, 1.54) is 12.3 Å². The zero-order chi connectivity index (χ0) is 34.6. The maximum Gasteiger partial charge on any atom is 0.278 e. The highest BCUT2D eigenvalue weighted by atomic mass is 35.5. The minimum absolute atomic E-state index is 0.00378. The average Bonchev–Trinajstić information content (AvgIpc) is 3.76. The van der Waals surface area contributed by atoms with E-state index in [1.807, 2.05) is 24.3 Å². The van der Waals surface area contributed by atoms with Crippen molar-refractivity contribution in [2.24, 2.45) is 0 Å². The molecule has 2 aromatic heterocycles. The number of aryl methyl sites for hydroxylation is 1. The monoisotopic (exact) mass is 720 g/mol. The first-order chi connectivity index (χ1) is 24.0. The molecule has 0 bridgehead atoms. The number of hydrogen-bond acceptors (Lipinski definition) is 9. The van der Waals surface area contributed by atoms with Gasteiger partial charge in [0.25, 0.3) is 5.79 Å². The number of para-hydroxylation sites is 1. The molecule has 0 N–H and O–H groups in total. The maximum atomic E-state index is 14.9. The SMILES string of the molecule is CC1(c2ccc(Cl)cc2F)Oc2cccc(C3CCN(Cc4nc5cc(-c6cn(CCS(C)(=O)=O)nn6)ccc5n4C[C@@H]4CCO4)CC3)c2O1. The minimum atomic E-state index is -3.11. The maximum absolute atomic E-state index is 14.9. The van der Waals surface area contributed by atoms with Gasteiger partial charge in [-0.05, 0) is 74.7 Å². The summed E-state index contributed by atoms with van der Waals surface area (Å²) in [7, 11) is -3.11. The average molecular weight is 721 g/mol. The lowest BCUT2D eigenvalue weighted by Crippen LogP contribution is -2.35. The summed E-state index contributed by atoms with van der Waals surface area (Å²) in [5.41, 5.74) is 4.83. The summed E-state index contributed by atoms with van der Waals surface area (Å²) >= 11 is 6.00. The molecule has 0 spiro atoms. The molecule has 1 unspecified atom stereocenters. The van der Waals surface area contributed by atoms with Crippen LogP contribution in [-0.4, -0.2) is 75.7 Å². The van der Waals surface area contributed by atoms with Crippen LogP contribution in [0.2, 0.25) is 5.02 Å². The topological polar surface area (TPSA) is 114 Å². The van der Waals surface area contributed by atoms with E-state index in [-0.39, 0.29) is 24.3 Å². The Balaban J connectivity index is 0.982. The summed E-state index contributed by atoms with van der Waals surface area (Å²) in [6.07, 6.45) is 6.03. The number of nitrogens with zero attached hydrogens (tertiary/aromatic N) is 6. The van der Waals surface area contributed by atoms with Crippen LogP contribution in [0.4, 0.5) is 4.39 Å². The van der Waals surface area contributed by atoms with Gasteiger partial charge in [-0.15, -0.1) is 5.10 Å². The number of fused-ring (bicyclic) bond motifs is 2. The first-order valence-electron chi connectivity index (χ1n) is 16.9. The van der Waals surface area contributed by atoms with Crippen molar-refractivity contribution in [3.63, 3.8) is 0 Å². The second-order valence-electron chi connectivity index (χ2n) is 13.6. The highest BCUT2D eigenvalue weighted by Crippen LogP contribution is 2.50. The number of ether oxygens (including phenoxy) is 3. The largest absolute Gasteiger partial charge is 0.444 e. The number of aromatic nitrogens is 5. The quantitative estimate of drug-likeness (QED) is 0.173. The highest BCUT2D eigenvalue weighted by Gasteiger charge is 2.43. The number of benzene rings is 3. The van der Waals surface area contributed by atoms with Gasteiger partial charge >= 0.3 is 0 Å². The number of piperidine rings is 1. The third-order valence-electron chi connectivity index (χ3n) is 9.96. The van der Waals surface area contributed by atoms with E-state index >= 15 is 0 Å². The van der Waals surface area contributed by atoms with E-state index in [0.29, 0.717) is 34.3 Å². The fourth-order valence-electron chi connectivity index (χ4n) is 7.13. The Labute approximate surface area is 294 Å². The van der Waals surface area contributed by atoms with Crippen molar-refractivity contribution in [3.05, 3.63) is 88.6 Å². The Morgan fingerprint density at radius 2 is 1.88 bits per heavy atom. The zero-order valence-electron chi connectivity index (χ0n) is 27.9. The number of halogens is 2. The molecule has 3 aliphatic heterocycles. The highest BCUT2D eigenvalue weighted by molar-refractivity contribution is 7.90. The second-order valence-corrected chi connectivity index (χ2v) is 16.3. The number of sulfone groups is 1. The van der Waals surface area contributed by atoms with Crippen molar-refractivity contribution in [2.75, 3.05) is 31.7 Å². The van der Waals surface area contributed by atoms with Gasteiger partial charge in [0.15, 0.2) is 11.5 Å². The van der Waals surface area contributed by atoms with Gasteiger partial charge in [-0.2, -0.15) is 0 Å². The van der Waals surface area contributed by atoms with Crippen molar-refractivity contribution < 1.29 is 27.0 Å². The zero-order valence-corrected chi connectivity index (χ0v) is 29.5. The second kappa shape index (κ2) is 12.9. The van der Waals surface area contributed by atoms with Gasteiger partial charge in [-0.25, -0.2) is 17.8 Å². The summed E-state index contributed by atoms with van der Waals surface area (Å²) in [4.78, 5) is 7.56. The van der Waals surface area contributed by atoms with Crippen LogP contribution in [0.15, 0.2) is 60.8 Å². The Hall–Kier alpha value is -4.04. The van der Waals surface area contributed by atoms with E-state index in [9.17, 15) is 12.8 Å². The van der Waals surface area contributed by atoms with Crippen LogP contribution in [0.1, 0.15) is 49.1 Å². The Morgan fingerprint density at radius 3 is 2.62 bits per heavy atom. The molecule has 11 nitrogen and oxygen atoms in total. The molecule has 3 aromatic carbocycles. The van der Waals surface area contributed by atoms with Crippen LogP contribution >= 0.6 is 11.6 Å². The minimum Gasteiger partial charge on any atom is -0.444 e. The first-order valence-corrected chi connectivity index (χ1v) is 19.3. The summed E-state index contributed by atoms with van der Waals surface area (Å²) in [6.45, 7) is 5.97. The van der Waals surface area contributed by atoms with E-state index in [4.69, 9.17) is 30.8 Å². The molecule has 0 saturated carbocycles. The molecule has 262 valence electrons. The lowest BCUT2D eigenvalue weighted by atomic mass is 9.88.